The van der Waals surface area contributed by atoms with E-state index in [-0.39, 0.29) is 9.75 Å². The van der Waals surface area contributed by atoms with Crippen LogP contribution >= 0.6 is 11.6 Å². The molecular weight excluding hydrogens is 578 g/mol. The van der Waals surface area contributed by atoms with Crippen molar-refractivity contribution >= 4 is 41.5 Å². The summed E-state index contributed by atoms with van der Waals surface area (Å²) >= 11 is 5.88. The molecule has 18 heteroatoms. The van der Waals surface area contributed by atoms with E-state index in [1.165, 1.54) is 12.1 Å². The number of aromatic nitrogens is 1. The first-order chi connectivity index (χ1) is 16.4. The average Bonchev–Trinajstić information content (AvgIpc) is 2.77. The lowest BCUT2D eigenvalue weighted by Gasteiger charge is -2.35. The lowest BCUT2D eigenvalue weighted by Crippen LogP contribution is -2.51. The molecule has 1 fully saturated rings. The molecule has 1 saturated heterocycles. The summed E-state index contributed by atoms with van der Waals surface area (Å²) in [5.74, 6) is 0. The zero-order valence-electron chi connectivity index (χ0n) is 17.9. The number of hydrogen-bond acceptors (Lipinski definition) is 7. The molecule has 2 heterocycles. The Bertz CT molecular complexity index is 1480. The van der Waals surface area contributed by atoms with Crippen LogP contribution in [0.4, 0.5) is 17.6 Å². The third-order valence-corrected chi connectivity index (χ3v) is 10.6. The molecule has 1 aliphatic heterocycles. The molecular formula is C18H18ClF4N3O7S3. The van der Waals surface area contributed by atoms with E-state index in [0.29, 0.717) is 4.31 Å². The Morgan fingerprint density at radius 2 is 1.64 bits per heavy atom. The molecule has 0 bridgehead atoms. The minimum atomic E-state index is -5.80. The molecule has 0 amide bonds. The Balaban J connectivity index is 1.89. The van der Waals surface area contributed by atoms with Gasteiger partial charge in [-0.15, -0.1) is 0 Å². The van der Waals surface area contributed by atoms with Gasteiger partial charge in [0.1, 0.15) is 10.6 Å². The second kappa shape index (κ2) is 9.68. The largest absolute Gasteiger partial charge is 0.618 e. The predicted octanol–water partition coefficient (Wildman–Crippen LogP) is 1.74. The summed E-state index contributed by atoms with van der Waals surface area (Å²) in [6.07, 6.45) is -0.465. The van der Waals surface area contributed by atoms with Crippen molar-refractivity contribution in [3.05, 3.63) is 52.8 Å². The monoisotopic (exact) mass is 595 g/mol. The second-order valence-electron chi connectivity index (χ2n) is 7.78. The first-order valence-electron chi connectivity index (χ1n) is 9.89. The maximum atomic E-state index is 15.0. The minimum Gasteiger partial charge on any atom is -0.618 e. The number of nitrogens with zero attached hydrogens (tertiary/aromatic N) is 2. The molecule has 0 atom stereocenters. The van der Waals surface area contributed by atoms with Crippen molar-refractivity contribution in [2.45, 2.75) is 38.8 Å². The Labute approximate surface area is 209 Å². The zero-order valence-corrected chi connectivity index (χ0v) is 21.1. The maximum Gasteiger partial charge on any atom is 0.511 e. The van der Waals surface area contributed by atoms with Gasteiger partial charge in [0.25, 0.3) is 9.84 Å². The Morgan fingerprint density at radius 3 is 2.19 bits per heavy atom. The van der Waals surface area contributed by atoms with Gasteiger partial charge in [-0.2, -0.15) is 22.2 Å². The van der Waals surface area contributed by atoms with E-state index in [4.69, 9.17) is 11.6 Å². The van der Waals surface area contributed by atoms with Gasteiger partial charge in [0, 0.05) is 36.8 Å². The maximum absolute atomic E-state index is 15.0. The third kappa shape index (κ3) is 5.60. The van der Waals surface area contributed by atoms with Crippen molar-refractivity contribution in [2.24, 2.45) is 0 Å². The van der Waals surface area contributed by atoms with Crippen LogP contribution in [0.15, 0.2) is 57.4 Å². The smallest absolute Gasteiger partial charge is 0.511 e. The fraction of sp³-hybridized carbons (Fsp3) is 0.389. The Kier molecular flexibility index (Phi) is 7.67. The van der Waals surface area contributed by atoms with Crippen molar-refractivity contribution in [1.29, 1.82) is 0 Å². The molecule has 10 nitrogen and oxygen atoms in total. The van der Waals surface area contributed by atoms with E-state index >= 15 is 0 Å². The molecule has 0 spiro atoms. The van der Waals surface area contributed by atoms with Gasteiger partial charge >= 0.3 is 20.6 Å². The van der Waals surface area contributed by atoms with Crippen LogP contribution in [0.3, 0.4) is 0 Å². The van der Waals surface area contributed by atoms with Crippen LogP contribution in [0.2, 0.25) is 5.02 Å². The van der Waals surface area contributed by atoms with Crippen LogP contribution < -0.4 is 9.45 Å². The molecule has 2 aromatic rings. The van der Waals surface area contributed by atoms with Crippen LogP contribution in [0.25, 0.3) is 0 Å². The van der Waals surface area contributed by atoms with E-state index in [0.717, 1.165) is 35.2 Å². The van der Waals surface area contributed by atoms with Crippen molar-refractivity contribution in [3.63, 3.8) is 0 Å². The van der Waals surface area contributed by atoms with Gasteiger partial charge < -0.3 is 5.21 Å². The summed E-state index contributed by atoms with van der Waals surface area (Å²) in [7, 11) is -15.1. The van der Waals surface area contributed by atoms with Crippen LogP contribution in [0.1, 0.15) is 12.8 Å². The van der Waals surface area contributed by atoms with Crippen LogP contribution in [0.5, 0.6) is 0 Å². The van der Waals surface area contributed by atoms with E-state index in [1.807, 2.05) is 0 Å². The van der Waals surface area contributed by atoms with E-state index in [1.54, 1.807) is 0 Å². The molecule has 0 aliphatic carbocycles. The molecule has 36 heavy (non-hydrogen) atoms. The molecule has 1 N–H and O–H groups in total. The van der Waals surface area contributed by atoms with Crippen LogP contribution in [0, 0.1) is 5.21 Å². The number of halogens is 5. The lowest BCUT2D eigenvalue weighted by atomic mass is 9.95. The molecule has 200 valence electrons. The number of hydrogen-bond donors (Lipinski definition) is 1. The van der Waals surface area contributed by atoms with Gasteiger partial charge in [-0.1, -0.05) is 11.6 Å². The number of sulfonamides is 2. The highest BCUT2D eigenvalue weighted by molar-refractivity contribution is 7.93. The highest BCUT2D eigenvalue weighted by Gasteiger charge is 2.48. The standard InChI is InChI=1S/C18H18ClF4N3O7S3/c19-13-4-5-14(15(11-13)34(28,29)16-3-1-2-8-26(16)27)35(30,31)25-9-6-17(20,7-10-25)12-24-36(32,33)18(21,22)23/h1-5,8,11,24H,6-7,9-10,12H2. The van der Waals surface area contributed by atoms with E-state index < -0.39 is 88.4 Å². The topological polar surface area (TPSA) is 145 Å². The lowest BCUT2D eigenvalue weighted by molar-refractivity contribution is -0.646. The third-order valence-electron chi connectivity index (χ3n) is 5.38. The van der Waals surface area contributed by atoms with Gasteiger partial charge in [-0.3, -0.25) is 0 Å². The molecule has 1 aromatic carbocycles. The Morgan fingerprint density at radius 1 is 1.03 bits per heavy atom. The summed E-state index contributed by atoms with van der Waals surface area (Å²) in [4.78, 5) is -1.55. The number of sulfone groups is 1. The number of piperidine rings is 1. The SMILES string of the molecule is O=S(=O)(c1cc(Cl)ccc1S(=O)(=O)N1CCC(F)(CNS(=O)(=O)C(F)(F)F)CC1)c1cccc[n+]1[O-]. The summed E-state index contributed by atoms with van der Waals surface area (Å²) in [6.45, 7) is -2.43. The van der Waals surface area contributed by atoms with Crippen molar-refractivity contribution < 1.29 is 47.5 Å². The van der Waals surface area contributed by atoms with Crippen molar-refractivity contribution in [2.75, 3.05) is 19.6 Å². The number of rotatable bonds is 7. The molecule has 1 aliphatic rings. The first-order valence-corrected chi connectivity index (χ1v) is 14.7. The van der Waals surface area contributed by atoms with Gasteiger partial charge in [0.2, 0.25) is 10.0 Å². The normalized spacial score (nSPS) is 17.7. The average molecular weight is 596 g/mol. The highest BCUT2D eigenvalue weighted by Crippen LogP contribution is 2.34. The number of alkyl halides is 4. The second-order valence-corrected chi connectivity index (χ2v) is 13.8. The minimum absolute atomic E-state index is 0.0208. The van der Waals surface area contributed by atoms with Gasteiger partial charge in [-0.05, 0) is 37.1 Å². The first kappa shape index (κ1) is 28.5. The van der Waals surface area contributed by atoms with Crippen LogP contribution in [-0.2, 0) is 29.9 Å². The van der Waals surface area contributed by atoms with Gasteiger partial charge in [0.05, 0.1) is 4.90 Å². The summed E-state index contributed by atoms with van der Waals surface area (Å²) in [5, 5.41) is 11.1. The summed E-state index contributed by atoms with van der Waals surface area (Å²) in [6, 6.07) is 6.30. The fourth-order valence-corrected chi connectivity index (χ4v) is 7.77. The summed E-state index contributed by atoms with van der Waals surface area (Å²) < 4.78 is 129. The molecule has 0 radical (unpaired) electrons. The fourth-order valence-electron chi connectivity index (χ4n) is 3.39. The van der Waals surface area contributed by atoms with Gasteiger partial charge in [0.15, 0.2) is 6.20 Å². The Hall–Kier alpha value is -2.05. The number of benzene rings is 1. The molecule has 0 saturated carbocycles. The van der Waals surface area contributed by atoms with E-state index in [2.05, 4.69) is 0 Å². The number of pyridine rings is 1. The van der Waals surface area contributed by atoms with Crippen LogP contribution in [-0.4, -0.2) is 60.4 Å². The number of nitrogens with one attached hydrogen (secondary N) is 1. The molecule has 0 unspecified atom stereocenters. The van der Waals surface area contributed by atoms with Crippen molar-refractivity contribution in [3.8, 4) is 0 Å². The summed E-state index contributed by atoms with van der Waals surface area (Å²) in [5.41, 5.74) is -8.14. The quantitative estimate of drug-likeness (QED) is 0.292. The van der Waals surface area contributed by atoms with E-state index in [9.17, 15) is 48.0 Å². The zero-order chi connectivity index (χ0) is 27.2. The highest BCUT2D eigenvalue weighted by atomic mass is 35.5. The molecule has 1 aromatic heterocycles. The van der Waals surface area contributed by atoms with Crippen molar-refractivity contribution in [1.82, 2.24) is 9.03 Å². The van der Waals surface area contributed by atoms with Gasteiger partial charge in [-0.25, -0.2) is 34.4 Å². The predicted molar refractivity (Wildman–Crippen MR) is 117 cm³/mol. The molecule has 3 rings (SSSR count).